The van der Waals surface area contributed by atoms with Crippen molar-refractivity contribution in [3.05, 3.63) is 59.2 Å². The van der Waals surface area contributed by atoms with Crippen LogP contribution in [0.15, 0.2) is 36.7 Å². The standard InChI is InChI=1S/C23H21F3N8O/c1-13(19-14(9-27)3-2-5-29-19)31-21(35)33-11-22(12-33)4-6-34-18(22)8-17(32-34)15-7-16(23(24,25)26)20(28)30-10-15/h2-3,5,7-8,10,13H,4,6,11-12H2,1H3,(H2,28,30)(H,31,35)/t13-/m1/s1. The van der Waals surface area contributed by atoms with Crippen LogP contribution in [0.3, 0.4) is 0 Å². The summed E-state index contributed by atoms with van der Waals surface area (Å²) in [6.07, 6.45) is -0.978. The number of nitriles is 1. The van der Waals surface area contributed by atoms with Crippen LogP contribution in [0.5, 0.6) is 0 Å². The van der Waals surface area contributed by atoms with Crippen molar-refractivity contribution in [1.82, 2.24) is 30.0 Å². The number of nitrogens with two attached hydrogens (primary N) is 1. The number of nitrogens with one attached hydrogen (secondary N) is 1. The van der Waals surface area contributed by atoms with Gasteiger partial charge in [-0.3, -0.25) is 9.67 Å². The Kier molecular flexibility index (Phi) is 5.16. The van der Waals surface area contributed by atoms with Crippen molar-refractivity contribution < 1.29 is 18.0 Å². The molecule has 3 N–H and O–H groups in total. The van der Waals surface area contributed by atoms with Gasteiger partial charge in [0.1, 0.15) is 11.9 Å². The molecule has 0 aromatic carbocycles. The third kappa shape index (κ3) is 3.82. The molecule has 3 aromatic rings. The van der Waals surface area contributed by atoms with Gasteiger partial charge in [-0.2, -0.15) is 23.5 Å². The Labute approximate surface area is 198 Å². The quantitative estimate of drug-likeness (QED) is 0.590. The molecule has 1 fully saturated rings. The number of carbonyl (C=O) groups is 1. The van der Waals surface area contributed by atoms with Crippen molar-refractivity contribution in [1.29, 1.82) is 5.26 Å². The number of aryl methyl sites for hydroxylation is 1. The number of alkyl halides is 3. The van der Waals surface area contributed by atoms with Gasteiger partial charge in [-0.25, -0.2) is 9.78 Å². The van der Waals surface area contributed by atoms with Gasteiger partial charge in [-0.05, 0) is 37.6 Å². The van der Waals surface area contributed by atoms with E-state index < -0.39 is 23.6 Å². The zero-order valence-corrected chi connectivity index (χ0v) is 18.7. The van der Waals surface area contributed by atoms with Crippen molar-refractivity contribution in [3.63, 3.8) is 0 Å². The first-order valence-corrected chi connectivity index (χ1v) is 10.9. The normalized spacial score (nSPS) is 16.9. The number of nitrogen functional groups attached to an aromatic ring is 1. The van der Waals surface area contributed by atoms with E-state index in [1.165, 1.54) is 6.20 Å². The fourth-order valence-corrected chi connectivity index (χ4v) is 4.80. The summed E-state index contributed by atoms with van der Waals surface area (Å²) >= 11 is 0. The number of amides is 2. The van der Waals surface area contributed by atoms with Gasteiger partial charge >= 0.3 is 12.2 Å². The van der Waals surface area contributed by atoms with E-state index >= 15 is 0 Å². The van der Waals surface area contributed by atoms with E-state index in [0.29, 0.717) is 36.6 Å². The number of aromatic nitrogens is 4. The van der Waals surface area contributed by atoms with Crippen LogP contribution in [0.1, 0.15) is 41.9 Å². The Morgan fingerprint density at radius 3 is 2.80 bits per heavy atom. The maximum atomic E-state index is 13.2. The Morgan fingerprint density at radius 2 is 2.09 bits per heavy atom. The lowest BCUT2D eigenvalue weighted by Crippen LogP contribution is -2.62. The first-order chi connectivity index (χ1) is 16.6. The summed E-state index contributed by atoms with van der Waals surface area (Å²) in [6.45, 7) is 3.29. The minimum Gasteiger partial charge on any atom is -0.383 e. The maximum absolute atomic E-state index is 13.2. The number of fused-ring (bicyclic) bond motifs is 2. The lowest BCUT2D eigenvalue weighted by atomic mass is 9.76. The van der Waals surface area contributed by atoms with E-state index in [2.05, 4.69) is 26.5 Å². The third-order valence-corrected chi connectivity index (χ3v) is 6.63. The molecule has 0 aliphatic carbocycles. The maximum Gasteiger partial charge on any atom is 0.419 e. The molecule has 12 heteroatoms. The van der Waals surface area contributed by atoms with Gasteiger partial charge in [-0.1, -0.05) is 0 Å². The average Bonchev–Trinajstić information content (AvgIpc) is 3.37. The Morgan fingerprint density at radius 1 is 1.31 bits per heavy atom. The SMILES string of the molecule is C[C@@H](NC(=O)N1CC2(CCn3nc(-c4cnc(N)c(C(F)(F)F)c4)cc32)C1)c1ncccc1C#N. The van der Waals surface area contributed by atoms with Crippen molar-refractivity contribution >= 4 is 11.8 Å². The van der Waals surface area contributed by atoms with Crippen LogP contribution in [0.4, 0.5) is 23.8 Å². The molecule has 1 spiro atoms. The lowest BCUT2D eigenvalue weighted by molar-refractivity contribution is -0.137. The van der Waals surface area contributed by atoms with Gasteiger partial charge in [0.15, 0.2) is 0 Å². The number of nitrogens with zero attached hydrogens (tertiary/aromatic N) is 6. The number of pyridine rings is 2. The van der Waals surface area contributed by atoms with Crippen LogP contribution < -0.4 is 11.1 Å². The summed E-state index contributed by atoms with van der Waals surface area (Å²) in [5.74, 6) is -0.577. The number of hydrogen-bond acceptors (Lipinski definition) is 6. The number of likely N-dealkylation sites (tertiary alicyclic amines) is 1. The van der Waals surface area contributed by atoms with Crippen molar-refractivity contribution in [2.45, 2.75) is 37.5 Å². The highest BCUT2D eigenvalue weighted by Gasteiger charge is 2.51. The molecule has 2 amide bonds. The van der Waals surface area contributed by atoms with E-state index in [-0.39, 0.29) is 17.0 Å². The van der Waals surface area contributed by atoms with Crippen LogP contribution in [-0.4, -0.2) is 43.8 Å². The fraction of sp³-hybridized carbons (Fsp3) is 0.348. The van der Waals surface area contributed by atoms with E-state index in [1.807, 2.05) is 0 Å². The summed E-state index contributed by atoms with van der Waals surface area (Å²) in [6, 6.07) is 7.40. The summed E-state index contributed by atoms with van der Waals surface area (Å²) in [4.78, 5) is 22.4. The molecular weight excluding hydrogens is 461 g/mol. The van der Waals surface area contributed by atoms with Crippen LogP contribution in [0, 0.1) is 11.3 Å². The van der Waals surface area contributed by atoms with Crippen LogP contribution in [-0.2, 0) is 18.1 Å². The van der Waals surface area contributed by atoms with Crippen molar-refractivity contribution in [2.75, 3.05) is 18.8 Å². The molecule has 1 atom stereocenters. The Bertz CT molecular complexity index is 1350. The van der Waals surface area contributed by atoms with Gasteiger partial charge in [-0.15, -0.1) is 0 Å². The second-order valence-corrected chi connectivity index (χ2v) is 8.90. The highest BCUT2D eigenvalue weighted by atomic mass is 19.4. The molecule has 2 aliphatic rings. The molecule has 35 heavy (non-hydrogen) atoms. The van der Waals surface area contributed by atoms with Gasteiger partial charge in [0, 0.05) is 48.7 Å². The van der Waals surface area contributed by atoms with Crippen molar-refractivity contribution in [2.24, 2.45) is 0 Å². The second-order valence-electron chi connectivity index (χ2n) is 8.90. The molecule has 5 rings (SSSR count). The molecule has 3 aromatic heterocycles. The van der Waals surface area contributed by atoms with Crippen LogP contribution in [0.25, 0.3) is 11.3 Å². The number of urea groups is 1. The molecule has 0 unspecified atom stereocenters. The summed E-state index contributed by atoms with van der Waals surface area (Å²) in [5.41, 5.74) is 6.51. The Balaban J connectivity index is 1.30. The predicted molar refractivity (Wildman–Crippen MR) is 119 cm³/mol. The largest absolute Gasteiger partial charge is 0.419 e. The van der Waals surface area contributed by atoms with E-state index in [4.69, 9.17) is 5.73 Å². The second kappa shape index (κ2) is 7.97. The molecule has 1 saturated heterocycles. The summed E-state index contributed by atoms with van der Waals surface area (Å²) in [7, 11) is 0. The minimum atomic E-state index is -4.61. The van der Waals surface area contributed by atoms with E-state index in [1.54, 1.807) is 40.9 Å². The van der Waals surface area contributed by atoms with Gasteiger partial charge < -0.3 is 16.0 Å². The smallest absolute Gasteiger partial charge is 0.383 e. The predicted octanol–water partition coefficient (Wildman–Crippen LogP) is 3.24. The number of carbonyl (C=O) groups excluding carboxylic acids is 1. The van der Waals surface area contributed by atoms with Gasteiger partial charge in [0.2, 0.25) is 0 Å². The number of anilines is 1. The lowest BCUT2D eigenvalue weighted by Gasteiger charge is -2.47. The van der Waals surface area contributed by atoms with Gasteiger partial charge in [0.25, 0.3) is 0 Å². The third-order valence-electron chi connectivity index (χ3n) is 6.63. The van der Waals surface area contributed by atoms with E-state index in [0.717, 1.165) is 18.2 Å². The molecule has 0 bridgehead atoms. The molecule has 5 heterocycles. The average molecular weight is 482 g/mol. The minimum absolute atomic E-state index is 0.231. The number of hydrogen-bond donors (Lipinski definition) is 2. The topological polar surface area (TPSA) is 126 Å². The molecule has 0 saturated carbocycles. The number of halogens is 3. The zero-order chi connectivity index (χ0) is 25.0. The number of rotatable bonds is 3. The monoisotopic (exact) mass is 482 g/mol. The first kappa shape index (κ1) is 22.6. The highest BCUT2D eigenvalue weighted by molar-refractivity contribution is 5.76. The highest BCUT2D eigenvalue weighted by Crippen LogP contribution is 2.44. The Hall–Kier alpha value is -4.14. The van der Waals surface area contributed by atoms with E-state index in [9.17, 15) is 23.2 Å². The summed E-state index contributed by atoms with van der Waals surface area (Å²) in [5, 5.41) is 16.6. The molecule has 2 aliphatic heterocycles. The summed E-state index contributed by atoms with van der Waals surface area (Å²) < 4.78 is 41.5. The van der Waals surface area contributed by atoms with Crippen molar-refractivity contribution in [3.8, 4) is 17.3 Å². The molecular formula is C23H21F3N8O. The molecule has 0 radical (unpaired) electrons. The fourth-order valence-electron chi connectivity index (χ4n) is 4.80. The molecule has 180 valence electrons. The zero-order valence-electron chi connectivity index (χ0n) is 18.7. The first-order valence-electron chi connectivity index (χ1n) is 10.9. The molecule has 9 nitrogen and oxygen atoms in total. The van der Waals surface area contributed by atoms with Crippen LogP contribution >= 0.6 is 0 Å². The van der Waals surface area contributed by atoms with Crippen LogP contribution in [0.2, 0.25) is 0 Å². The van der Waals surface area contributed by atoms with Gasteiger partial charge in [0.05, 0.1) is 28.6 Å².